The minimum atomic E-state index is -1.62. The van der Waals surface area contributed by atoms with E-state index in [2.05, 4.69) is 5.32 Å². The average molecular weight is 680 g/mol. The Morgan fingerprint density at radius 1 is 1.06 bits per heavy atom. The Labute approximate surface area is 282 Å². The number of likely N-dealkylation sites (tertiary alicyclic amines) is 1. The van der Waals surface area contributed by atoms with Crippen LogP contribution < -0.4 is 5.32 Å². The number of alkyl carbamates (subject to hydrolysis) is 1. The standard InChI is InChI=1S/C37H40F3N3O4S/c1-22-27(29(40)19-41-36(46)47-21-24-13-9-6-10-14-24)20-43(35(45)32(22)44)33(37(2,3)4)31-30(17-23-11-7-5-8-12-23)48-34(42-31)26-18-25(38)15-16-28(26)39/h5-16,18,22,27,29,32-33,44H,17,19-21H2,1-4H3,(H,41,46)/t22?,27-,29+,32+,33+/m1/s1. The lowest BCUT2D eigenvalue weighted by Gasteiger charge is -2.47. The van der Waals surface area contributed by atoms with Gasteiger partial charge in [0.2, 0.25) is 0 Å². The monoisotopic (exact) mass is 679 g/mol. The minimum absolute atomic E-state index is 0.00114. The molecule has 1 aliphatic rings. The Bertz CT molecular complexity index is 1710. The molecule has 254 valence electrons. The number of nitrogens with zero attached hydrogens (tertiary/aromatic N) is 2. The molecule has 0 aliphatic carbocycles. The Hall–Kier alpha value is -4.22. The van der Waals surface area contributed by atoms with E-state index in [4.69, 9.17) is 9.72 Å². The van der Waals surface area contributed by atoms with Gasteiger partial charge in [0.25, 0.3) is 5.91 Å². The van der Waals surface area contributed by atoms with Crippen molar-refractivity contribution in [3.8, 4) is 10.6 Å². The van der Waals surface area contributed by atoms with Crippen molar-refractivity contribution >= 4 is 23.3 Å². The maximum Gasteiger partial charge on any atom is 0.407 e. The molecule has 11 heteroatoms. The number of aliphatic hydroxyl groups is 1. The average Bonchev–Trinajstić information content (AvgIpc) is 3.46. The molecule has 7 nitrogen and oxygen atoms in total. The van der Waals surface area contributed by atoms with E-state index >= 15 is 4.39 Å². The topological polar surface area (TPSA) is 91.8 Å². The van der Waals surface area contributed by atoms with Gasteiger partial charge in [-0.1, -0.05) is 88.4 Å². The number of alkyl halides is 1. The van der Waals surface area contributed by atoms with Gasteiger partial charge < -0.3 is 20.1 Å². The summed E-state index contributed by atoms with van der Waals surface area (Å²) in [6.07, 6.45) is -3.50. The van der Waals surface area contributed by atoms with Gasteiger partial charge in [-0.25, -0.2) is 22.9 Å². The van der Waals surface area contributed by atoms with Crippen LogP contribution in [0.15, 0.2) is 78.9 Å². The molecule has 2 N–H and O–H groups in total. The van der Waals surface area contributed by atoms with Gasteiger partial charge in [-0.3, -0.25) is 4.79 Å². The molecule has 5 rings (SSSR count). The van der Waals surface area contributed by atoms with Crippen molar-refractivity contribution in [2.45, 2.75) is 59.0 Å². The first-order valence-corrected chi connectivity index (χ1v) is 16.7. The van der Waals surface area contributed by atoms with Gasteiger partial charge in [-0.05, 0) is 40.7 Å². The molecule has 1 unspecified atom stereocenters. The third kappa shape index (κ3) is 8.07. The van der Waals surface area contributed by atoms with Crippen molar-refractivity contribution in [3.05, 3.63) is 112 Å². The van der Waals surface area contributed by atoms with Crippen LogP contribution in [0.2, 0.25) is 0 Å². The van der Waals surface area contributed by atoms with Crippen molar-refractivity contribution in [2.75, 3.05) is 13.1 Å². The number of aliphatic hydroxyl groups excluding tert-OH is 1. The third-order valence-corrected chi connectivity index (χ3v) is 9.83. The summed E-state index contributed by atoms with van der Waals surface area (Å²) in [5, 5.41) is 13.9. The van der Waals surface area contributed by atoms with Crippen LogP contribution in [0.25, 0.3) is 10.6 Å². The van der Waals surface area contributed by atoms with Crippen molar-refractivity contribution in [1.82, 2.24) is 15.2 Å². The number of aromatic nitrogens is 1. The van der Waals surface area contributed by atoms with E-state index in [1.165, 1.54) is 16.2 Å². The summed E-state index contributed by atoms with van der Waals surface area (Å²) in [6.45, 7) is 6.94. The van der Waals surface area contributed by atoms with Gasteiger partial charge in [-0.15, -0.1) is 11.3 Å². The van der Waals surface area contributed by atoms with E-state index in [9.17, 15) is 23.5 Å². The van der Waals surface area contributed by atoms with E-state index in [1.54, 1.807) is 19.1 Å². The fraction of sp³-hybridized carbons (Fsp3) is 0.378. The van der Waals surface area contributed by atoms with Crippen LogP contribution in [0.1, 0.15) is 55.4 Å². The van der Waals surface area contributed by atoms with Gasteiger partial charge in [0.05, 0.1) is 18.3 Å². The van der Waals surface area contributed by atoms with E-state index in [-0.39, 0.29) is 30.3 Å². The predicted octanol–water partition coefficient (Wildman–Crippen LogP) is 7.49. The van der Waals surface area contributed by atoms with Crippen LogP contribution in [-0.4, -0.2) is 52.4 Å². The molecular weight excluding hydrogens is 639 g/mol. The fourth-order valence-electron chi connectivity index (χ4n) is 6.18. The Morgan fingerprint density at radius 3 is 2.35 bits per heavy atom. The first-order valence-electron chi connectivity index (χ1n) is 15.9. The molecule has 0 spiro atoms. The zero-order chi connectivity index (χ0) is 34.6. The van der Waals surface area contributed by atoms with Crippen LogP contribution in [0, 0.1) is 28.9 Å². The summed E-state index contributed by atoms with van der Waals surface area (Å²) < 4.78 is 50.4. The summed E-state index contributed by atoms with van der Waals surface area (Å²) in [5.74, 6) is -3.41. The van der Waals surface area contributed by atoms with E-state index < -0.39 is 59.2 Å². The fourth-order valence-corrected chi connectivity index (χ4v) is 7.33. The maximum atomic E-state index is 16.0. The lowest BCUT2D eigenvalue weighted by Crippen LogP contribution is -2.58. The Kier molecular flexibility index (Phi) is 10.9. The first-order chi connectivity index (χ1) is 22.8. The summed E-state index contributed by atoms with van der Waals surface area (Å²) in [7, 11) is 0. The lowest BCUT2D eigenvalue weighted by atomic mass is 9.76. The van der Waals surface area contributed by atoms with E-state index in [1.807, 2.05) is 69.3 Å². The van der Waals surface area contributed by atoms with Gasteiger partial charge >= 0.3 is 6.09 Å². The zero-order valence-electron chi connectivity index (χ0n) is 27.3. The molecule has 1 fully saturated rings. The molecule has 1 aromatic heterocycles. The normalized spacial score (nSPS) is 19.5. The molecule has 5 atom stereocenters. The van der Waals surface area contributed by atoms with Crippen molar-refractivity contribution in [2.24, 2.45) is 17.3 Å². The molecule has 4 aromatic rings. The van der Waals surface area contributed by atoms with Crippen LogP contribution >= 0.6 is 11.3 Å². The number of halogens is 3. The number of nitrogens with one attached hydrogen (secondary N) is 1. The third-order valence-electron chi connectivity index (χ3n) is 8.72. The number of rotatable bonds is 10. The first kappa shape index (κ1) is 35.1. The van der Waals surface area contributed by atoms with Gasteiger partial charge in [0.15, 0.2) is 0 Å². The molecule has 1 aliphatic heterocycles. The number of carbonyl (C=O) groups is 2. The molecule has 1 saturated heterocycles. The predicted molar refractivity (Wildman–Crippen MR) is 179 cm³/mol. The largest absolute Gasteiger partial charge is 0.445 e. The molecule has 48 heavy (non-hydrogen) atoms. The molecule has 0 radical (unpaired) electrons. The highest BCUT2D eigenvalue weighted by molar-refractivity contribution is 7.15. The smallest absolute Gasteiger partial charge is 0.407 e. The summed E-state index contributed by atoms with van der Waals surface area (Å²) in [4.78, 5) is 33.2. The number of hydrogen-bond acceptors (Lipinski definition) is 6. The van der Waals surface area contributed by atoms with Crippen molar-refractivity contribution in [3.63, 3.8) is 0 Å². The molecule has 0 saturated carbocycles. The quantitative estimate of drug-likeness (QED) is 0.181. The van der Waals surface area contributed by atoms with Crippen LogP contribution in [-0.2, 0) is 22.6 Å². The lowest BCUT2D eigenvalue weighted by molar-refractivity contribution is -0.160. The molecule has 0 bridgehead atoms. The van der Waals surface area contributed by atoms with Crippen LogP contribution in [0.4, 0.5) is 18.0 Å². The zero-order valence-corrected chi connectivity index (χ0v) is 28.1. The highest BCUT2D eigenvalue weighted by Gasteiger charge is 2.48. The van der Waals surface area contributed by atoms with E-state index in [0.717, 1.165) is 34.2 Å². The second-order valence-electron chi connectivity index (χ2n) is 13.3. The van der Waals surface area contributed by atoms with Crippen LogP contribution in [0.5, 0.6) is 0 Å². The summed E-state index contributed by atoms with van der Waals surface area (Å²) >= 11 is 1.21. The second kappa shape index (κ2) is 14.9. The van der Waals surface area contributed by atoms with Gasteiger partial charge in [0, 0.05) is 29.3 Å². The second-order valence-corrected chi connectivity index (χ2v) is 14.4. The highest BCUT2D eigenvalue weighted by atomic mass is 32.1. The number of amides is 2. The molecule has 2 heterocycles. The molecular formula is C37H40F3N3O4S. The Morgan fingerprint density at radius 2 is 1.71 bits per heavy atom. The maximum absolute atomic E-state index is 16.0. The molecule has 3 aromatic carbocycles. The SMILES string of the molecule is CC1[C@H](O)C(=O)N([C@@H](c2nc(-c3cc(F)ccc3F)sc2Cc2ccccc2)C(C)(C)C)C[C@H]1[C@@H](F)CNC(=O)OCc1ccccc1. The van der Waals surface area contributed by atoms with Gasteiger partial charge in [0.1, 0.15) is 35.5 Å². The number of carbonyl (C=O) groups excluding carboxylic acids is 2. The molecule has 2 amide bonds. The summed E-state index contributed by atoms with van der Waals surface area (Å²) in [6, 6.07) is 21.1. The Balaban J connectivity index is 1.44. The number of hydrogen-bond donors (Lipinski definition) is 2. The number of benzene rings is 3. The van der Waals surface area contributed by atoms with Crippen molar-refractivity contribution < 1.29 is 32.6 Å². The van der Waals surface area contributed by atoms with E-state index in [0.29, 0.717) is 12.1 Å². The van der Waals surface area contributed by atoms with Crippen molar-refractivity contribution in [1.29, 1.82) is 0 Å². The number of piperidine rings is 1. The highest BCUT2D eigenvalue weighted by Crippen LogP contribution is 2.46. The number of thiazole rings is 1. The van der Waals surface area contributed by atoms with Crippen LogP contribution in [0.3, 0.4) is 0 Å². The number of ether oxygens (including phenoxy) is 1. The van der Waals surface area contributed by atoms with Gasteiger partial charge in [-0.2, -0.15) is 0 Å². The summed E-state index contributed by atoms with van der Waals surface area (Å²) in [5.41, 5.74) is 1.53. The minimum Gasteiger partial charge on any atom is -0.445 e.